The van der Waals surface area contributed by atoms with Crippen molar-refractivity contribution >= 4 is 11.8 Å². The second-order valence-electron chi connectivity index (χ2n) is 8.00. The number of alkyl halides is 3. The van der Waals surface area contributed by atoms with Gasteiger partial charge in [0.15, 0.2) is 0 Å². The Morgan fingerprint density at radius 3 is 1.94 bits per heavy atom. The van der Waals surface area contributed by atoms with Crippen LogP contribution < -0.4 is 5.56 Å². The molecular weight excluding hydrogens is 447 g/mol. The van der Waals surface area contributed by atoms with Crippen molar-refractivity contribution in [1.29, 1.82) is 0 Å². The Labute approximate surface area is 193 Å². The maximum Gasteiger partial charge on any atom is 0.416 e. The summed E-state index contributed by atoms with van der Waals surface area (Å²) in [6.45, 7) is 1.22. The van der Waals surface area contributed by atoms with E-state index >= 15 is 0 Å². The van der Waals surface area contributed by atoms with Gasteiger partial charge in [-0.25, -0.2) is 0 Å². The lowest BCUT2D eigenvalue weighted by molar-refractivity contribution is -0.137. The van der Waals surface area contributed by atoms with E-state index in [2.05, 4.69) is 0 Å². The highest BCUT2D eigenvalue weighted by Gasteiger charge is 2.31. The molecule has 0 bridgehead atoms. The number of aromatic nitrogens is 1. The summed E-state index contributed by atoms with van der Waals surface area (Å²) in [6, 6.07) is 16.6. The van der Waals surface area contributed by atoms with Crippen molar-refractivity contribution in [2.75, 3.05) is 26.2 Å². The molecule has 0 aliphatic carbocycles. The zero-order valence-corrected chi connectivity index (χ0v) is 18.2. The molecule has 2 aromatic carbocycles. The first-order valence-electron chi connectivity index (χ1n) is 10.7. The fraction of sp³-hybridized carbons (Fsp3) is 0.240. The molecule has 1 fully saturated rings. The van der Waals surface area contributed by atoms with Gasteiger partial charge in [-0.1, -0.05) is 30.3 Å². The lowest BCUT2D eigenvalue weighted by Gasteiger charge is -2.34. The number of carbonyl (C=O) groups is 2. The lowest BCUT2D eigenvalue weighted by Crippen LogP contribution is -2.51. The summed E-state index contributed by atoms with van der Waals surface area (Å²) in [4.78, 5) is 41.6. The van der Waals surface area contributed by atoms with Crippen LogP contribution in [-0.2, 0) is 12.7 Å². The minimum atomic E-state index is -4.47. The average molecular weight is 469 g/mol. The fourth-order valence-electron chi connectivity index (χ4n) is 3.87. The molecule has 3 aromatic rings. The Bertz CT molecular complexity index is 1230. The smallest absolute Gasteiger partial charge is 0.335 e. The summed E-state index contributed by atoms with van der Waals surface area (Å²) < 4.78 is 39.7. The number of hydrogen-bond donors (Lipinski definition) is 0. The number of rotatable bonds is 4. The number of halogens is 3. The molecule has 0 N–H and O–H groups in total. The maximum absolute atomic E-state index is 13.0. The average Bonchev–Trinajstić information content (AvgIpc) is 2.85. The van der Waals surface area contributed by atoms with E-state index in [1.807, 2.05) is 30.3 Å². The minimum Gasteiger partial charge on any atom is -0.335 e. The van der Waals surface area contributed by atoms with Crippen LogP contribution in [0.3, 0.4) is 0 Å². The summed E-state index contributed by atoms with van der Waals surface area (Å²) in [5.74, 6) is -0.806. The van der Waals surface area contributed by atoms with E-state index in [4.69, 9.17) is 0 Å². The Morgan fingerprint density at radius 2 is 1.35 bits per heavy atom. The molecule has 9 heteroatoms. The van der Waals surface area contributed by atoms with E-state index in [0.29, 0.717) is 6.54 Å². The predicted octanol–water partition coefficient (Wildman–Crippen LogP) is 3.51. The van der Waals surface area contributed by atoms with E-state index in [9.17, 15) is 27.6 Å². The number of carbonyl (C=O) groups excluding carboxylic acids is 2. The van der Waals surface area contributed by atoms with Crippen molar-refractivity contribution < 1.29 is 22.8 Å². The third-order valence-corrected chi connectivity index (χ3v) is 5.76. The Kier molecular flexibility index (Phi) is 6.54. The number of piperazine rings is 1. The van der Waals surface area contributed by atoms with Gasteiger partial charge >= 0.3 is 6.18 Å². The number of nitrogens with zero attached hydrogens (tertiary/aromatic N) is 3. The molecule has 1 aliphatic heterocycles. The van der Waals surface area contributed by atoms with Crippen molar-refractivity contribution in [3.05, 3.63) is 106 Å². The molecule has 6 nitrogen and oxygen atoms in total. The van der Waals surface area contributed by atoms with Crippen molar-refractivity contribution in [3.63, 3.8) is 0 Å². The summed E-state index contributed by atoms with van der Waals surface area (Å²) in [5.41, 5.74) is -0.0648. The van der Waals surface area contributed by atoms with Gasteiger partial charge in [-0.05, 0) is 42.0 Å². The number of hydrogen-bond acceptors (Lipinski definition) is 3. The lowest BCUT2D eigenvalue weighted by atomic mass is 10.1. The van der Waals surface area contributed by atoms with Crippen molar-refractivity contribution in [2.45, 2.75) is 12.7 Å². The van der Waals surface area contributed by atoms with E-state index in [0.717, 1.165) is 29.8 Å². The van der Waals surface area contributed by atoms with Crippen LogP contribution >= 0.6 is 0 Å². The third-order valence-electron chi connectivity index (χ3n) is 5.76. The minimum absolute atomic E-state index is 0.0564. The highest BCUT2D eigenvalue weighted by Crippen LogP contribution is 2.29. The van der Waals surface area contributed by atoms with Crippen LogP contribution in [0.25, 0.3) is 0 Å². The highest BCUT2D eigenvalue weighted by molar-refractivity contribution is 5.95. The molecule has 1 aromatic heterocycles. The zero-order valence-electron chi connectivity index (χ0n) is 18.2. The van der Waals surface area contributed by atoms with Gasteiger partial charge in [0, 0.05) is 37.9 Å². The zero-order chi connectivity index (χ0) is 24.3. The molecule has 2 heterocycles. The predicted molar refractivity (Wildman–Crippen MR) is 119 cm³/mol. The Morgan fingerprint density at radius 1 is 0.765 bits per heavy atom. The monoisotopic (exact) mass is 469 g/mol. The van der Waals surface area contributed by atoms with Crippen molar-refractivity contribution in [2.24, 2.45) is 0 Å². The molecule has 1 saturated heterocycles. The normalized spacial score (nSPS) is 14.2. The number of pyridine rings is 1. The second kappa shape index (κ2) is 9.54. The molecule has 2 amide bonds. The van der Waals surface area contributed by atoms with Crippen LogP contribution in [0.5, 0.6) is 0 Å². The van der Waals surface area contributed by atoms with Gasteiger partial charge in [0.2, 0.25) is 0 Å². The molecular formula is C25H22F3N3O3. The quantitative estimate of drug-likeness (QED) is 0.588. The van der Waals surface area contributed by atoms with Crippen LogP contribution in [0.1, 0.15) is 31.8 Å². The SMILES string of the molecule is O=C(c1ccc(C(F)(F)F)cc1)N1CCN(C(=O)c2cccn(Cc3ccccc3)c2=O)CC1. The van der Waals surface area contributed by atoms with Gasteiger partial charge < -0.3 is 14.4 Å². The van der Waals surface area contributed by atoms with Crippen molar-refractivity contribution in [3.8, 4) is 0 Å². The Hall–Kier alpha value is -3.88. The summed E-state index contributed by atoms with van der Waals surface area (Å²) in [5, 5.41) is 0. The fourth-order valence-corrected chi connectivity index (χ4v) is 3.87. The van der Waals surface area contributed by atoms with Gasteiger partial charge in [-0.2, -0.15) is 13.2 Å². The first-order chi connectivity index (χ1) is 16.2. The van der Waals surface area contributed by atoms with E-state index in [-0.39, 0.29) is 42.9 Å². The molecule has 176 valence electrons. The highest BCUT2D eigenvalue weighted by atomic mass is 19.4. The summed E-state index contributed by atoms with van der Waals surface area (Å²) >= 11 is 0. The molecule has 0 saturated carbocycles. The molecule has 1 aliphatic rings. The molecule has 0 unspecified atom stereocenters. The third kappa shape index (κ3) is 5.03. The van der Waals surface area contributed by atoms with E-state index < -0.39 is 23.6 Å². The molecule has 4 rings (SSSR count). The number of benzene rings is 2. The van der Waals surface area contributed by atoms with Crippen LogP contribution in [0.2, 0.25) is 0 Å². The molecule has 34 heavy (non-hydrogen) atoms. The van der Waals surface area contributed by atoms with Gasteiger partial charge in [-0.3, -0.25) is 14.4 Å². The van der Waals surface area contributed by atoms with Gasteiger partial charge in [0.25, 0.3) is 17.4 Å². The second-order valence-corrected chi connectivity index (χ2v) is 8.00. The molecule has 0 radical (unpaired) electrons. The largest absolute Gasteiger partial charge is 0.416 e. The van der Waals surface area contributed by atoms with Gasteiger partial charge in [0.1, 0.15) is 5.56 Å². The van der Waals surface area contributed by atoms with E-state index in [1.54, 1.807) is 12.3 Å². The first-order valence-corrected chi connectivity index (χ1v) is 10.7. The maximum atomic E-state index is 13.0. The standard InChI is InChI=1S/C25H22F3N3O3/c26-25(27,28)20-10-8-19(9-11-20)22(32)29-13-15-30(16-14-29)23(33)21-7-4-12-31(24(21)34)17-18-5-2-1-3-6-18/h1-12H,13-17H2. The Balaban J connectivity index is 1.40. The summed E-state index contributed by atoms with van der Waals surface area (Å²) in [7, 11) is 0. The van der Waals surface area contributed by atoms with Crippen LogP contribution in [-0.4, -0.2) is 52.4 Å². The van der Waals surface area contributed by atoms with Gasteiger partial charge in [0.05, 0.1) is 12.1 Å². The first kappa shape index (κ1) is 23.3. The van der Waals surface area contributed by atoms with E-state index in [1.165, 1.54) is 20.4 Å². The van der Waals surface area contributed by atoms with Crippen LogP contribution in [0.15, 0.2) is 77.7 Å². The van der Waals surface area contributed by atoms with Crippen molar-refractivity contribution in [1.82, 2.24) is 14.4 Å². The van der Waals surface area contributed by atoms with Gasteiger partial charge in [-0.15, -0.1) is 0 Å². The number of amides is 2. The van der Waals surface area contributed by atoms with Crippen LogP contribution in [0.4, 0.5) is 13.2 Å². The summed E-state index contributed by atoms with van der Waals surface area (Å²) in [6.07, 6.45) is -2.84. The molecule has 0 atom stereocenters. The topological polar surface area (TPSA) is 62.6 Å². The molecule has 0 spiro atoms. The van der Waals surface area contributed by atoms with Crippen LogP contribution in [0, 0.1) is 0 Å².